The van der Waals surface area contributed by atoms with E-state index in [1.165, 1.54) is 14.0 Å². The van der Waals surface area contributed by atoms with Crippen molar-refractivity contribution in [3.63, 3.8) is 0 Å². The zero-order chi connectivity index (χ0) is 20.1. The minimum absolute atomic E-state index is 0.0971. The maximum absolute atomic E-state index is 12.5. The predicted octanol–water partition coefficient (Wildman–Crippen LogP) is 4.66. The van der Waals surface area contributed by atoms with Crippen LogP contribution in [0, 0.1) is 20.8 Å². The fraction of sp³-hybridized carbons (Fsp3) is 0.333. The van der Waals surface area contributed by atoms with E-state index in [1.54, 1.807) is 17.0 Å². The van der Waals surface area contributed by atoms with Gasteiger partial charge in [0.05, 0.1) is 12.8 Å². The minimum Gasteiger partial charge on any atom is -0.495 e. The number of ether oxygens (including phenoxy) is 1. The first-order valence-corrected chi connectivity index (χ1v) is 9.10. The van der Waals surface area contributed by atoms with Crippen molar-refractivity contribution in [2.24, 2.45) is 0 Å². The van der Waals surface area contributed by atoms with Crippen LogP contribution in [0.1, 0.15) is 30.0 Å². The standard InChI is InChI=1S/C21H25ClN2O3/c1-13-7-6-8-14(2)21(13)24(16(4)25)10-9-20(26)23-18-11-15(3)17(22)12-19(18)27-5/h6-8,11-12H,9-10H2,1-5H3,(H,23,26). The summed E-state index contributed by atoms with van der Waals surface area (Å²) in [6.07, 6.45) is 0.165. The molecule has 0 aliphatic carbocycles. The Morgan fingerprint density at radius 1 is 1.11 bits per heavy atom. The lowest BCUT2D eigenvalue weighted by Crippen LogP contribution is -2.33. The highest BCUT2D eigenvalue weighted by atomic mass is 35.5. The summed E-state index contributed by atoms with van der Waals surface area (Å²) in [5.41, 5.74) is 4.26. The van der Waals surface area contributed by atoms with Gasteiger partial charge < -0.3 is 15.0 Å². The fourth-order valence-electron chi connectivity index (χ4n) is 3.01. The topological polar surface area (TPSA) is 58.6 Å². The molecule has 0 saturated heterocycles. The number of hydrogen-bond acceptors (Lipinski definition) is 3. The number of carbonyl (C=O) groups excluding carboxylic acids is 2. The van der Waals surface area contributed by atoms with E-state index < -0.39 is 0 Å². The average Bonchev–Trinajstić information content (AvgIpc) is 2.60. The molecule has 0 unspecified atom stereocenters. The van der Waals surface area contributed by atoms with Crippen LogP contribution in [-0.2, 0) is 9.59 Å². The Bertz CT molecular complexity index is 844. The minimum atomic E-state index is -0.201. The first-order chi connectivity index (χ1) is 12.7. The average molecular weight is 389 g/mol. The Morgan fingerprint density at radius 3 is 2.30 bits per heavy atom. The molecule has 0 fully saturated rings. The smallest absolute Gasteiger partial charge is 0.226 e. The molecule has 0 atom stereocenters. The van der Waals surface area contributed by atoms with Gasteiger partial charge in [0.15, 0.2) is 0 Å². The molecule has 2 amide bonds. The third-order valence-corrected chi connectivity index (χ3v) is 4.81. The SMILES string of the molecule is COc1cc(Cl)c(C)cc1NC(=O)CCN(C(C)=O)c1c(C)cccc1C. The van der Waals surface area contributed by atoms with Crippen molar-refractivity contribution in [3.8, 4) is 5.75 Å². The molecule has 0 aromatic heterocycles. The Kier molecular flexibility index (Phi) is 6.86. The Balaban J connectivity index is 2.14. The van der Waals surface area contributed by atoms with Gasteiger partial charge in [-0.1, -0.05) is 29.8 Å². The lowest BCUT2D eigenvalue weighted by molar-refractivity contribution is -0.117. The van der Waals surface area contributed by atoms with Crippen molar-refractivity contribution in [2.75, 3.05) is 23.9 Å². The van der Waals surface area contributed by atoms with Crippen LogP contribution in [-0.4, -0.2) is 25.5 Å². The third-order valence-electron chi connectivity index (χ3n) is 4.41. The summed E-state index contributed by atoms with van der Waals surface area (Å²) in [7, 11) is 1.52. The van der Waals surface area contributed by atoms with E-state index in [2.05, 4.69) is 5.32 Å². The number of benzene rings is 2. The molecule has 0 heterocycles. The highest BCUT2D eigenvalue weighted by Crippen LogP contribution is 2.31. The van der Waals surface area contributed by atoms with E-state index >= 15 is 0 Å². The quantitative estimate of drug-likeness (QED) is 0.783. The van der Waals surface area contributed by atoms with Gasteiger partial charge in [0, 0.05) is 36.7 Å². The molecule has 144 valence electrons. The molecular weight excluding hydrogens is 364 g/mol. The summed E-state index contributed by atoms with van der Waals surface area (Å²) >= 11 is 6.10. The molecule has 2 aromatic carbocycles. The molecule has 0 spiro atoms. The van der Waals surface area contributed by atoms with Crippen molar-refractivity contribution in [1.29, 1.82) is 0 Å². The van der Waals surface area contributed by atoms with E-state index in [-0.39, 0.29) is 18.2 Å². The number of aryl methyl sites for hydroxylation is 3. The van der Waals surface area contributed by atoms with Crippen LogP contribution in [0.15, 0.2) is 30.3 Å². The van der Waals surface area contributed by atoms with Crippen LogP contribution in [0.5, 0.6) is 5.75 Å². The summed E-state index contributed by atoms with van der Waals surface area (Å²) < 4.78 is 5.28. The number of rotatable bonds is 6. The normalized spacial score (nSPS) is 10.4. The van der Waals surface area contributed by atoms with Crippen molar-refractivity contribution < 1.29 is 14.3 Å². The zero-order valence-electron chi connectivity index (χ0n) is 16.4. The van der Waals surface area contributed by atoms with E-state index in [0.29, 0.717) is 23.0 Å². The lowest BCUT2D eigenvalue weighted by atomic mass is 10.1. The molecule has 0 aliphatic heterocycles. The first-order valence-electron chi connectivity index (χ1n) is 8.73. The molecule has 6 heteroatoms. The van der Waals surface area contributed by atoms with Crippen LogP contribution in [0.25, 0.3) is 0 Å². The van der Waals surface area contributed by atoms with Crippen LogP contribution in [0.3, 0.4) is 0 Å². The molecule has 0 radical (unpaired) electrons. The maximum Gasteiger partial charge on any atom is 0.226 e. The number of nitrogens with zero attached hydrogens (tertiary/aromatic N) is 1. The van der Waals surface area contributed by atoms with E-state index in [9.17, 15) is 9.59 Å². The number of carbonyl (C=O) groups is 2. The van der Waals surface area contributed by atoms with Crippen molar-refractivity contribution in [1.82, 2.24) is 0 Å². The zero-order valence-corrected chi connectivity index (χ0v) is 17.1. The van der Waals surface area contributed by atoms with Crippen LogP contribution >= 0.6 is 11.6 Å². The molecule has 1 N–H and O–H groups in total. The molecule has 5 nitrogen and oxygen atoms in total. The van der Waals surface area contributed by atoms with Crippen molar-refractivity contribution >= 4 is 34.8 Å². The van der Waals surface area contributed by atoms with E-state index in [4.69, 9.17) is 16.3 Å². The van der Waals surface area contributed by atoms with Gasteiger partial charge in [-0.15, -0.1) is 0 Å². The van der Waals surface area contributed by atoms with Gasteiger partial charge in [0.1, 0.15) is 5.75 Å². The number of halogens is 1. The lowest BCUT2D eigenvalue weighted by Gasteiger charge is -2.25. The molecular formula is C21H25ClN2O3. The van der Waals surface area contributed by atoms with Crippen LogP contribution in [0.2, 0.25) is 5.02 Å². The summed E-state index contributed by atoms with van der Waals surface area (Å²) in [6, 6.07) is 9.31. The summed E-state index contributed by atoms with van der Waals surface area (Å²) in [6.45, 7) is 7.58. The molecule has 27 heavy (non-hydrogen) atoms. The highest BCUT2D eigenvalue weighted by molar-refractivity contribution is 6.31. The van der Waals surface area contributed by atoms with Gasteiger partial charge in [0.2, 0.25) is 11.8 Å². The van der Waals surface area contributed by atoms with Gasteiger partial charge in [-0.05, 0) is 43.5 Å². The molecule has 0 aliphatic rings. The second kappa shape index (κ2) is 8.91. The monoisotopic (exact) mass is 388 g/mol. The Morgan fingerprint density at radius 2 is 1.74 bits per heavy atom. The number of methoxy groups -OCH3 is 1. The first kappa shape index (κ1) is 20.8. The molecule has 2 aromatic rings. The fourth-order valence-corrected chi connectivity index (χ4v) is 3.17. The number of hydrogen-bond donors (Lipinski definition) is 1. The number of anilines is 2. The van der Waals surface area contributed by atoms with Crippen LogP contribution in [0.4, 0.5) is 11.4 Å². The maximum atomic E-state index is 12.5. The van der Waals surface area contributed by atoms with Crippen LogP contribution < -0.4 is 15.0 Å². The van der Waals surface area contributed by atoms with Gasteiger partial charge in [-0.2, -0.15) is 0 Å². The van der Waals surface area contributed by atoms with E-state index in [0.717, 1.165) is 22.4 Å². The highest BCUT2D eigenvalue weighted by Gasteiger charge is 2.18. The van der Waals surface area contributed by atoms with Crippen molar-refractivity contribution in [3.05, 3.63) is 52.0 Å². The van der Waals surface area contributed by atoms with Gasteiger partial charge >= 0.3 is 0 Å². The summed E-state index contributed by atoms with van der Waals surface area (Å²) in [4.78, 5) is 26.3. The summed E-state index contributed by atoms with van der Waals surface area (Å²) in [5.74, 6) is 0.199. The Hall–Kier alpha value is -2.53. The molecule has 0 bridgehead atoms. The second-order valence-corrected chi connectivity index (χ2v) is 6.92. The second-order valence-electron chi connectivity index (χ2n) is 6.51. The molecule has 0 saturated carbocycles. The molecule has 2 rings (SSSR count). The largest absolute Gasteiger partial charge is 0.495 e. The number of nitrogens with one attached hydrogen (secondary N) is 1. The number of amides is 2. The van der Waals surface area contributed by atoms with E-state index in [1.807, 2.05) is 39.0 Å². The summed E-state index contributed by atoms with van der Waals surface area (Å²) in [5, 5.41) is 3.42. The predicted molar refractivity (Wildman–Crippen MR) is 110 cm³/mol. The van der Waals surface area contributed by atoms with Gasteiger partial charge in [0.25, 0.3) is 0 Å². The van der Waals surface area contributed by atoms with Gasteiger partial charge in [-0.25, -0.2) is 0 Å². The number of para-hydroxylation sites is 1. The van der Waals surface area contributed by atoms with Gasteiger partial charge in [-0.3, -0.25) is 9.59 Å². The van der Waals surface area contributed by atoms with Crippen molar-refractivity contribution in [2.45, 2.75) is 34.1 Å². The Labute approximate surface area is 165 Å². The third kappa shape index (κ3) is 5.01.